The van der Waals surface area contributed by atoms with E-state index in [0.717, 1.165) is 41.4 Å². The van der Waals surface area contributed by atoms with Crippen LogP contribution >= 0.6 is 0 Å². The van der Waals surface area contributed by atoms with E-state index in [1.807, 2.05) is 11.4 Å². The second-order valence-corrected chi connectivity index (χ2v) is 6.78. The predicted octanol–water partition coefficient (Wildman–Crippen LogP) is 2.74. The van der Waals surface area contributed by atoms with Gasteiger partial charge >= 0.3 is 0 Å². The first kappa shape index (κ1) is 13.0. The van der Waals surface area contributed by atoms with Crippen molar-refractivity contribution >= 4 is 11.6 Å². The van der Waals surface area contributed by atoms with E-state index in [2.05, 4.69) is 51.6 Å². The Morgan fingerprint density at radius 3 is 3.04 bits per heavy atom. The normalized spacial score (nSPS) is 24.5. The standard InChI is InChI=1S/C18H19N5/c1-10-11(2)22-18-20-9-21-23(18)17(10)19-8-15-14-7-12-5-3-4-6-13(12)16(14)15/h3-6,9,14-16,19H,7-8H2,1-2H3. The topological polar surface area (TPSA) is 55.1 Å². The van der Waals surface area contributed by atoms with Crippen LogP contribution in [0.1, 0.15) is 28.3 Å². The van der Waals surface area contributed by atoms with Crippen LogP contribution in [-0.4, -0.2) is 26.1 Å². The van der Waals surface area contributed by atoms with Crippen LogP contribution in [0.5, 0.6) is 0 Å². The van der Waals surface area contributed by atoms with Crippen LogP contribution < -0.4 is 5.32 Å². The molecule has 0 aliphatic heterocycles. The Morgan fingerprint density at radius 1 is 1.26 bits per heavy atom. The molecule has 3 aromatic rings. The molecule has 0 radical (unpaired) electrons. The third-order valence-electron chi connectivity index (χ3n) is 5.61. The maximum atomic E-state index is 4.47. The second kappa shape index (κ2) is 4.54. The van der Waals surface area contributed by atoms with Crippen molar-refractivity contribution in [1.29, 1.82) is 0 Å². The molecular formula is C18H19N5. The third-order valence-corrected chi connectivity index (χ3v) is 5.61. The summed E-state index contributed by atoms with van der Waals surface area (Å²) in [5.74, 6) is 3.99. The largest absolute Gasteiger partial charge is 0.369 e. The summed E-state index contributed by atoms with van der Waals surface area (Å²) in [6, 6.07) is 8.90. The highest BCUT2D eigenvalue weighted by atomic mass is 15.4. The molecule has 116 valence electrons. The van der Waals surface area contributed by atoms with Gasteiger partial charge in [0.15, 0.2) is 0 Å². The molecule has 2 aliphatic carbocycles. The zero-order valence-electron chi connectivity index (χ0n) is 13.3. The fraction of sp³-hybridized carbons (Fsp3) is 0.389. The summed E-state index contributed by atoms with van der Waals surface area (Å²) in [7, 11) is 0. The zero-order chi connectivity index (χ0) is 15.6. The molecule has 2 aromatic heterocycles. The van der Waals surface area contributed by atoms with Crippen LogP contribution in [0.2, 0.25) is 0 Å². The molecule has 0 saturated heterocycles. The van der Waals surface area contributed by atoms with Crippen molar-refractivity contribution in [3.05, 3.63) is 53.0 Å². The number of nitrogens with one attached hydrogen (secondary N) is 1. The van der Waals surface area contributed by atoms with Crippen LogP contribution in [0.15, 0.2) is 30.6 Å². The molecule has 1 aromatic carbocycles. The average Bonchev–Trinajstić information content (AvgIpc) is 2.90. The van der Waals surface area contributed by atoms with Crippen LogP contribution in [0.25, 0.3) is 5.78 Å². The maximum absolute atomic E-state index is 4.47. The Balaban J connectivity index is 1.39. The van der Waals surface area contributed by atoms with Crippen molar-refractivity contribution in [2.75, 3.05) is 11.9 Å². The monoisotopic (exact) mass is 305 g/mol. The summed E-state index contributed by atoms with van der Waals surface area (Å²) in [5.41, 5.74) is 5.27. The summed E-state index contributed by atoms with van der Waals surface area (Å²) in [5, 5.41) is 7.93. The minimum absolute atomic E-state index is 0.664. The third kappa shape index (κ3) is 1.82. The van der Waals surface area contributed by atoms with Gasteiger partial charge < -0.3 is 5.32 Å². The van der Waals surface area contributed by atoms with Crippen molar-refractivity contribution in [3.63, 3.8) is 0 Å². The van der Waals surface area contributed by atoms with Crippen molar-refractivity contribution in [2.24, 2.45) is 11.8 Å². The van der Waals surface area contributed by atoms with Gasteiger partial charge in [-0.05, 0) is 49.1 Å². The summed E-state index contributed by atoms with van der Waals surface area (Å²) < 4.78 is 1.81. The number of aryl methyl sites for hydroxylation is 1. The van der Waals surface area contributed by atoms with E-state index >= 15 is 0 Å². The van der Waals surface area contributed by atoms with E-state index in [1.54, 1.807) is 17.5 Å². The van der Waals surface area contributed by atoms with Gasteiger partial charge in [-0.3, -0.25) is 0 Å². The van der Waals surface area contributed by atoms with Crippen LogP contribution in [0, 0.1) is 25.7 Å². The molecule has 5 heteroatoms. The molecule has 0 amide bonds. The van der Waals surface area contributed by atoms with Gasteiger partial charge in [-0.15, -0.1) is 0 Å². The molecular weight excluding hydrogens is 286 g/mol. The van der Waals surface area contributed by atoms with E-state index in [9.17, 15) is 0 Å². The fourth-order valence-electron chi connectivity index (χ4n) is 4.22. The van der Waals surface area contributed by atoms with E-state index in [1.165, 1.54) is 6.42 Å². The first-order chi connectivity index (χ1) is 11.2. The molecule has 2 aliphatic rings. The van der Waals surface area contributed by atoms with Gasteiger partial charge in [0.2, 0.25) is 0 Å². The van der Waals surface area contributed by atoms with Gasteiger partial charge in [-0.1, -0.05) is 24.3 Å². The molecule has 1 N–H and O–H groups in total. The predicted molar refractivity (Wildman–Crippen MR) is 88.6 cm³/mol. The molecule has 0 bridgehead atoms. The van der Waals surface area contributed by atoms with Crippen molar-refractivity contribution in [1.82, 2.24) is 19.6 Å². The highest BCUT2D eigenvalue weighted by Gasteiger charge is 2.54. The Morgan fingerprint density at radius 2 is 2.13 bits per heavy atom. The van der Waals surface area contributed by atoms with E-state index in [0.29, 0.717) is 5.78 Å². The Bertz CT molecular complexity index is 913. The quantitative estimate of drug-likeness (QED) is 0.808. The number of benzene rings is 1. The number of rotatable bonds is 3. The number of fused-ring (bicyclic) bond motifs is 4. The minimum Gasteiger partial charge on any atom is -0.369 e. The highest BCUT2D eigenvalue weighted by molar-refractivity contribution is 5.52. The molecule has 5 nitrogen and oxygen atoms in total. The zero-order valence-corrected chi connectivity index (χ0v) is 13.3. The highest BCUT2D eigenvalue weighted by Crippen LogP contribution is 2.61. The molecule has 3 atom stereocenters. The Hall–Kier alpha value is -2.43. The molecule has 2 heterocycles. The Kier molecular flexibility index (Phi) is 2.57. The van der Waals surface area contributed by atoms with Gasteiger partial charge in [0, 0.05) is 17.8 Å². The van der Waals surface area contributed by atoms with Gasteiger partial charge in [0.1, 0.15) is 12.1 Å². The van der Waals surface area contributed by atoms with Crippen LogP contribution in [0.4, 0.5) is 5.82 Å². The minimum atomic E-state index is 0.664. The average molecular weight is 305 g/mol. The first-order valence-corrected chi connectivity index (χ1v) is 8.22. The number of hydrogen-bond donors (Lipinski definition) is 1. The van der Waals surface area contributed by atoms with Crippen molar-refractivity contribution in [3.8, 4) is 0 Å². The summed E-state index contributed by atoms with van der Waals surface area (Å²) in [6.07, 6.45) is 2.80. The summed E-state index contributed by atoms with van der Waals surface area (Å²) in [6.45, 7) is 5.11. The SMILES string of the molecule is Cc1nc2ncnn2c(NCC2C3Cc4ccccc4C23)c1C. The lowest BCUT2D eigenvalue weighted by Gasteiger charge is -2.13. The van der Waals surface area contributed by atoms with Gasteiger partial charge in [0.25, 0.3) is 5.78 Å². The molecule has 0 spiro atoms. The van der Waals surface area contributed by atoms with Gasteiger partial charge in [-0.25, -0.2) is 4.98 Å². The van der Waals surface area contributed by atoms with Crippen molar-refractivity contribution in [2.45, 2.75) is 26.2 Å². The Labute approximate surface area is 134 Å². The molecule has 1 fully saturated rings. The molecule has 5 rings (SSSR count). The summed E-state index contributed by atoms with van der Waals surface area (Å²) >= 11 is 0. The van der Waals surface area contributed by atoms with Gasteiger partial charge in [0.05, 0.1) is 0 Å². The number of aromatic nitrogens is 4. The van der Waals surface area contributed by atoms with Crippen LogP contribution in [0.3, 0.4) is 0 Å². The van der Waals surface area contributed by atoms with E-state index < -0.39 is 0 Å². The van der Waals surface area contributed by atoms with Crippen molar-refractivity contribution < 1.29 is 0 Å². The van der Waals surface area contributed by atoms with E-state index in [-0.39, 0.29) is 0 Å². The molecule has 3 unspecified atom stereocenters. The first-order valence-electron chi connectivity index (χ1n) is 8.22. The number of hydrogen-bond acceptors (Lipinski definition) is 4. The summed E-state index contributed by atoms with van der Waals surface area (Å²) in [4.78, 5) is 8.69. The lowest BCUT2D eigenvalue weighted by atomic mass is 10.0. The second-order valence-electron chi connectivity index (χ2n) is 6.78. The smallest absolute Gasteiger partial charge is 0.254 e. The fourth-order valence-corrected chi connectivity index (χ4v) is 4.22. The van der Waals surface area contributed by atoms with E-state index in [4.69, 9.17) is 0 Å². The lowest BCUT2D eigenvalue weighted by molar-refractivity contribution is 0.714. The maximum Gasteiger partial charge on any atom is 0.254 e. The molecule has 1 saturated carbocycles. The number of anilines is 1. The molecule has 23 heavy (non-hydrogen) atoms. The van der Waals surface area contributed by atoms with Gasteiger partial charge in [-0.2, -0.15) is 14.6 Å². The lowest BCUT2D eigenvalue weighted by Crippen LogP contribution is -2.14. The number of nitrogens with zero attached hydrogens (tertiary/aromatic N) is 4. The van der Waals surface area contributed by atoms with Crippen LogP contribution in [-0.2, 0) is 6.42 Å².